The summed E-state index contributed by atoms with van der Waals surface area (Å²) in [5, 5.41) is 0.607. The van der Waals surface area contributed by atoms with Crippen LogP contribution in [0.15, 0.2) is 51.5 Å². The fourth-order valence-corrected chi connectivity index (χ4v) is 5.39. The Morgan fingerprint density at radius 3 is 2.83 bits per heavy atom. The lowest BCUT2D eigenvalue weighted by atomic mass is 9.90. The molecule has 0 aliphatic heterocycles. The predicted molar refractivity (Wildman–Crippen MR) is 95.3 cm³/mol. The van der Waals surface area contributed by atoms with Gasteiger partial charge in [-0.15, -0.1) is 0 Å². The number of aromatic nitrogens is 2. The fourth-order valence-electron chi connectivity index (χ4n) is 3.04. The van der Waals surface area contributed by atoms with Gasteiger partial charge in [0.25, 0.3) is 5.56 Å². The van der Waals surface area contributed by atoms with Gasteiger partial charge in [0, 0.05) is 22.3 Å². The van der Waals surface area contributed by atoms with Gasteiger partial charge < -0.3 is 4.98 Å². The van der Waals surface area contributed by atoms with Gasteiger partial charge in [0.15, 0.2) is 0 Å². The summed E-state index contributed by atoms with van der Waals surface area (Å²) in [7, 11) is -3.79. The number of fused-ring (bicyclic) bond motifs is 1. The highest BCUT2D eigenvalue weighted by molar-refractivity contribution is 9.11. The normalized spacial score (nSPS) is 22.0. The molecule has 0 spiro atoms. The summed E-state index contributed by atoms with van der Waals surface area (Å²) in [5.41, 5.74) is 0.577. The van der Waals surface area contributed by atoms with E-state index in [0.29, 0.717) is 18.2 Å². The summed E-state index contributed by atoms with van der Waals surface area (Å²) >= 11 is 3.42. The number of nitrogens with zero attached hydrogens (tertiary/aromatic N) is 1. The molecule has 2 aromatic heterocycles. The summed E-state index contributed by atoms with van der Waals surface area (Å²) in [6, 6.07) is 3.34. The van der Waals surface area contributed by atoms with Crippen molar-refractivity contribution in [3.63, 3.8) is 0 Å². The third-order valence-electron chi connectivity index (χ3n) is 4.46. The number of allylic oxidation sites excluding steroid dienone is 3. The largest absolute Gasteiger partial charge is 0.327 e. The molecule has 0 radical (unpaired) electrons. The molecule has 0 saturated carbocycles. The van der Waals surface area contributed by atoms with E-state index in [1.807, 2.05) is 19.1 Å². The molecule has 1 aliphatic rings. The number of rotatable bonds is 3. The molecule has 3 rings (SSSR count). The van der Waals surface area contributed by atoms with Crippen molar-refractivity contribution >= 4 is 36.9 Å². The second-order valence-electron chi connectivity index (χ2n) is 5.77. The van der Waals surface area contributed by atoms with Crippen molar-refractivity contribution < 1.29 is 8.42 Å². The zero-order valence-electron chi connectivity index (χ0n) is 12.8. The van der Waals surface area contributed by atoms with Crippen LogP contribution < -0.4 is 5.56 Å². The van der Waals surface area contributed by atoms with Crippen LogP contribution in [0.2, 0.25) is 0 Å². The highest BCUT2D eigenvalue weighted by Crippen LogP contribution is 2.39. The summed E-state index contributed by atoms with van der Waals surface area (Å²) < 4.78 is 27.6. The Morgan fingerprint density at radius 1 is 1.39 bits per heavy atom. The molecular weight excluding hydrogens is 380 g/mol. The number of aromatic amines is 1. The van der Waals surface area contributed by atoms with Crippen molar-refractivity contribution in [2.45, 2.75) is 31.4 Å². The van der Waals surface area contributed by atoms with E-state index >= 15 is 0 Å². The molecule has 0 fully saturated rings. The van der Waals surface area contributed by atoms with E-state index in [-0.39, 0.29) is 5.52 Å². The van der Waals surface area contributed by atoms with E-state index in [4.69, 9.17) is 0 Å². The number of halogens is 1. The summed E-state index contributed by atoms with van der Waals surface area (Å²) in [5.74, 6) is 0. The van der Waals surface area contributed by atoms with E-state index in [1.165, 1.54) is 12.4 Å². The number of hydrogen-bond donors (Lipinski definition) is 1. The first kappa shape index (κ1) is 16.3. The molecule has 0 saturated heterocycles. The van der Waals surface area contributed by atoms with Gasteiger partial charge in [-0.25, -0.2) is 12.4 Å². The maximum absolute atomic E-state index is 13.3. The Morgan fingerprint density at radius 2 is 2.13 bits per heavy atom. The zero-order chi connectivity index (χ0) is 16.8. The van der Waals surface area contributed by atoms with Gasteiger partial charge in [0.1, 0.15) is 10.3 Å². The first-order chi connectivity index (χ1) is 10.8. The molecule has 2 heterocycles. The van der Waals surface area contributed by atoms with Gasteiger partial charge in [-0.1, -0.05) is 28.9 Å². The van der Waals surface area contributed by atoms with E-state index < -0.39 is 20.3 Å². The van der Waals surface area contributed by atoms with E-state index in [0.717, 1.165) is 14.0 Å². The minimum Gasteiger partial charge on any atom is -0.327 e. The zero-order valence-corrected chi connectivity index (χ0v) is 15.2. The van der Waals surface area contributed by atoms with Gasteiger partial charge in [-0.3, -0.25) is 4.79 Å². The highest BCUT2D eigenvalue weighted by atomic mass is 79.9. The summed E-state index contributed by atoms with van der Waals surface area (Å²) in [6.07, 6.45) is 7.67. The minimum absolute atomic E-state index is 0.165. The van der Waals surface area contributed by atoms with Crippen LogP contribution in [0.25, 0.3) is 10.9 Å². The Kier molecular flexibility index (Phi) is 3.88. The Bertz CT molecular complexity index is 998. The maximum atomic E-state index is 13.3. The van der Waals surface area contributed by atoms with Gasteiger partial charge in [0.05, 0.1) is 0 Å². The van der Waals surface area contributed by atoms with Gasteiger partial charge >= 0.3 is 0 Å². The Hall–Kier alpha value is -1.60. The summed E-state index contributed by atoms with van der Waals surface area (Å²) in [6.45, 7) is 3.66. The SMILES string of the molecule is CCC1=CC(Br)=CCC1(C)S(=O)(=O)n1ccc2cc[nH]c(=O)c21. The van der Waals surface area contributed by atoms with E-state index in [2.05, 4.69) is 20.9 Å². The van der Waals surface area contributed by atoms with Crippen molar-refractivity contribution in [1.82, 2.24) is 8.96 Å². The van der Waals surface area contributed by atoms with Crippen LogP contribution in [-0.2, 0) is 10.0 Å². The van der Waals surface area contributed by atoms with Gasteiger partial charge in [-0.2, -0.15) is 0 Å². The van der Waals surface area contributed by atoms with Crippen molar-refractivity contribution in [1.29, 1.82) is 0 Å². The van der Waals surface area contributed by atoms with Crippen LogP contribution in [-0.4, -0.2) is 22.1 Å². The number of nitrogens with one attached hydrogen (secondary N) is 1. The lowest BCUT2D eigenvalue weighted by Crippen LogP contribution is -2.42. The lowest BCUT2D eigenvalue weighted by molar-refractivity contribution is 0.542. The van der Waals surface area contributed by atoms with Crippen LogP contribution in [0, 0.1) is 0 Å². The van der Waals surface area contributed by atoms with Gasteiger partial charge in [0.2, 0.25) is 10.0 Å². The van der Waals surface area contributed by atoms with Crippen molar-refractivity contribution in [2.24, 2.45) is 0 Å². The molecular formula is C16H17BrN2O3S. The van der Waals surface area contributed by atoms with Crippen LogP contribution in [0.5, 0.6) is 0 Å². The molecule has 1 unspecified atom stereocenters. The first-order valence-electron chi connectivity index (χ1n) is 7.32. The number of pyridine rings is 1. The second kappa shape index (κ2) is 5.49. The van der Waals surface area contributed by atoms with Crippen molar-refractivity contribution in [2.75, 3.05) is 0 Å². The van der Waals surface area contributed by atoms with Crippen LogP contribution in [0.1, 0.15) is 26.7 Å². The van der Waals surface area contributed by atoms with Gasteiger partial charge in [-0.05, 0) is 43.5 Å². The van der Waals surface area contributed by atoms with E-state index in [1.54, 1.807) is 19.1 Å². The third-order valence-corrected chi connectivity index (χ3v) is 7.41. The quantitative estimate of drug-likeness (QED) is 0.864. The monoisotopic (exact) mass is 396 g/mol. The Labute approximate surface area is 142 Å². The maximum Gasteiger partial charge on any atom is 0.273 e. The molecule has 1 N–H and O–H groups in total. The topological polar surface area (TPSA) is 71.9 Å². The summed E-state index contributed by atoms with van der Waals surface area (Å²) in [4.78, 5) is 14.7. The molecule has 7 heteroatoms. The molecule has 0 bridgehead atoms. The molecule has 0 aromatic carbocycles. The van der Waals surface area contributed by atoms with Crippen LogP contribution in [0.3, 0.4) is 0 Å². The Balaban J connectivity index is 2.26. The molecule has 2 aromatic rings. The van der Waals surface area contributed by atoms with E-state index in [9.17, 15) is 13.2 Å². The molecule has 5 nitrogen and oxygen atoms in total. The fraction of sp³-hybridized carbons (Fsp3) is 0.312. The second-order valence-corrected chi connectivity index (χ2v) is 8.93. The van der Waals surface area contributed by atoms with Crippen LogP contribution in [0.4, 0.5) is 0 Å². The first-order valence-corrected chi connectivity index (χ1v) is 9.55. The highest BCUT2D eigenvalue weighted by Gasteiger charge is 2.44. The smallest absolute Gasteiger partial charge is 0.273 e. The standard InChI is InChI=1S/C16H17BrN2O3S/c1-3-12-10-13(17)4-7-16(12,2)23(21,22)19-9-6-11-5-8-18-15(20)14(11)19/h4-6,8-10H,3,7H2,1-2H3,(H,18,20). The molecule has 1 aliphatic carbocycles. The van der Waals surface area contributed by atoms with Crippen molar-refractivity contribution in [3.05, 3.63) is 57.1 Å². The molecule has 1 atom stereocenters. The molecule has 0 amide bonds. The number of H-pyrrole nitrogens is 1. The van der Waals surface area contributed by atoms with Crippen LogP contribution >= 0.6 is 15.9 Å². The lowest BCUT2D eigenvalue weighted by Gasteiger charge is -2.33. The average molecular weight is 397 g/mol. The molecule has 122 valence electrons. The predicted octanol–water partition coefficient (Wildman–Crippen LogP) is 3.29. The van der Waals surface area contributed by atoms with Crippen molar-refractivity contribution in [3.8, 4) is 0 Å². The number of hydrogen-bond acceptors (Lipinski definition) is 3. The minimum atomic E-state index is -3.79. The average Bonchev–Trinajstić information content (AvgIpc) is 2.95. The third kappa shape index (κ3) is 2.33. The molecule has 23 heavy (non-hydrogen) atoms.